The summed E-state index contributed by atoms with van der Waals surface area (Å²) in [6.07, 6.45) is 0.000983. The van der Waals surface area contributed by atoms with E-state index in [1.807, 2.05) is 18.2 Å². The van der Waals surface area contributed by atoms with Crippen LogP contribution in [0.25, 0.3) is 0 Å². The molecule has 0 amide bonds. The van der Waals surface area contributed by atoms with E-state index in [2.05, 4.69) is 46.8 Å². The Morgan fingerprint density at radius 2 is 2.08 bits per heavy atom. The third kappa shape index (κ3) is 3.55. The number of aryl methyl sites for hydroxylation is 1. The first-order valence-electron chi connectivity index (χ1n) is 8.46. The van der Waals surface area contributed by atoms with Crippen LogP contribution in [0.2, 0.25) is 0 Å². The van der Waals surface area contributed by atoms with E-state index in [9.17, 15) is 5.11 Å². The SMILES string of the molecule is Cc1ccc2c(c1)CN(Cc1ccccc1O)CC(c1ccsc1)O2. The summed E-state index contributed by atoms with van der Waals surface area (Å²) in [6, 6.07) is 16.1. The Labute approximate surface area is 152 Å². The van der Waals surface area contributed by atoms with Gasteiger partial charge in [-0.1, -0.05) is 35.9 Å². The van der Waals surface area contributed by atoms with Crippen molar-refractivity contribution in [3.05, 3.63) is 81.5 Å². The molecule has 1 unspecified atom stereocenters. The number of thiophene rings is 1. The molecule has 0 fully saturated rings. The third-order valence-corrected chi connectivity index (χ3v) is 5.31. The van der Waals surface area contributed by atoms with Crippen LogP contribution in [-0.4, -0.2) is 16.6 Å². The predicted molar refractivity (Wildman–Crippen MR) is 101 cm³/mol. The van der Waals surface area contributed by atoms with E-state index in [-0.39, 0.29) is 6.10 Å². The Morgan fingerprint density at radius 3 is 2.88 bits per heavy atom. The van der Waals surface area contributed by atoms with Crippen LogP contribution in [0.15, 0.2) is 59.3 Å². The fourth-order valence-electron chi connectivity index (χ4n) is 3.31. The van der Waals surface area contributed by atoms with Crippen LogP contribution in [0.1, 0.15) is 28.4 Å². The molecule has 128 valence electrons. The lowest BCUT2D eigenvalue weighted by molar-refractivity contribution is 0.143. The van der Waals surface area contributed by atoms with Crippen molar-refractivity contribution < 1.29 is 9.84 Å². The van der Waals surface area contributed by atoms with E-state index >= 15 is 0 Å². The smallest absolute Gasteiger partial charge is 0.137 e. The molecule has 1 N–H and O–H groups in total. The summed E-state index contributed by atoms with van der Waals surface area (Å²) in [5.74, 6) is 1.31. The van der Waals surface area contributed by atoms with Gasteiger partial charge in [-0.2, -0.15) is 11.3 Å². The number of rotatable bonds is 3. The summed E-state index contributed by atoms with van der Waals surface area (Å²) in [4.78, 5) is 2.35. The Hall–Kier alpha value is -2.30. The molecular formula is C21H21NO2S. The molecule has 0 saturated carbocycles. The molecule has 0 spiro atoms. The lowest BCUT2D eigenvalue weighted by atomic mass is 10.1. The van der Waals surface area contributed by atoms with Gasteiger partial charge in [-0.05, 0) is 35.9 Å². The Bertz CT molecular complexity index is 860. The van der Waals surface area contributed by atoms with Crippen molar-refractivity contribution in [2.45, 2.75) is 26.1 Å². The molecule has 0 bridgehead atoms. The van der Waals surface area contributed by atoms with Crippen molar-refractivity contribution in [2.24, 2.45) is 0 Å². The van der Waals surface area contributed by atoms with Gasteiger partial charge in [0.2, 0.25) is 0 Å². The number of phenols is 1. The average molecular weight is 351 g/mol. The van der Waals surface area contributed by atoms with Crippen LogP contribution in [0.3, 0.4) is 0 Å². The van der Waals surface area contributed by atoms with Gasteiger partial charge in [-0.3, -0.25) is 4.90 Å². The molecule has 1 atom stereocenters. The third-order valence-electron chi connectivity index (χ3n) is 4.60. The lowest BCUT2D eigenvalue weighted by Crippen LogP contribution is -2.27. The van der Waals surface area contributed by atoms with Gasteiger partial charge in [-0.15, -0.1) is 0 Å². The summed E-state index contributed by atoms with van der Waals surface area (Å²) < 4.78 is 6.36. The Kier molecular flexibility index (Phi) is 4.47. The highest BCUT2D eigenvalue weighted by Crippen LogP contribution is 2.33. The van der Waals surface area contributed by atoms with E-state index in [0.717, 1.165) is 24.4 Å². The van der Waals surface area contributed by atoms with Gasteiger partial charge in [0.1, 0.15) is 17.6 Å². The van der Waals surface area contributed by atoms with Gasteiger partial charge in [0, 0.05) is 36.3 Å². The highest BCUT2D eigenvalue weighted by Gasteiger charge is 2.25. The zero-order chi connectivity index (χ0) is 17.2. The van der Waals surface area contributed by atoms with Crippen LogP contribution in [0.5, 0.6) is 11.5 Å². The molecule has 0 aliphatic carbocycles. The van der Waals surface area contributed by atoms with E-state index < -0.39 is 0 Å². The van der Waals surface area contributed by atoms with Gasteiger partial charge in [0.25, 0.3) is 0 Å². The second kappa shape index (κ2) is 6.90. The zero-order valence-corrected chi connectivity index (χ0v) is 15.0. The quantitative estimate of drug-likeness (QED) is 0.729. The maximum absolute atomic E-state index is 10.1. The van der Waals surface area contributed by atoms with Crippen molar-refractivity contribution in [1.82, 2.24) is 4.90 Å². The minimum absolute atomic E-state index is 0.000983. The van der Waals surface area contributed by atoms with E-state index in [4.69, 9.17) is 4.74 Å². The molecule has 4 rings (SSSR count). The van der Waals surface area contributed by atoms with E-state index in [1.165, 1.54) is 16.7 Å². The maximum atomic E-state index is 10.1. The van der Waals surface area contributed by atoms with Crippen LogP contribution < -0.4 is 4.74 Å². The number of fused-ring (bicyclic) bond motifs is 1. The Balaban J connectivity index is 1.67. The molecule has 0 radical (unpaired) electrons. The van der Waals surface area contributed by atoms with Crippen molar-refractivity contribution >= 4 is 11.3 Å². The van der Waals surface area contributed by atoms with Crippen molar-refractivity contribution in [1.29, 1.82) is 0 Å². The van der Waals surface area contributed by atoms with Gasteiger partial charge in [-0.25, -0.2) is 0 Å². The fraction of sp³-hybridized carbons (Fsp3) is 0.238. The van der Waals surface area contributed by atoms with Gasteiger partial charge < -0.3 is 9.84 Å². The van der Waals surface area contributed by atoms with Crippen LogP contribution in [-0.2, 0) is 13.1 Å². The number of ether oxygens (including phenoxy) is 1. The molecular weight excluding hydrogens is 330 g/mol. The van der Waals surface area contributed by atoms with Gasteiger partial charge in [0.15, 0.2) is 0 Å². The molecule has 3 aromatic rings. The van der Waals surface area contributed by atoms with Crippen molar-refractivity contribution in [3.8, 4) is 11.5 Å². The molecule has 0 saturated heterocycles. The second-order valence-corrected chi connectivity index (χ2v) is 7.35. The first-order chi connectivity index (χ1) is 12.2. The molecule has 1 aromatic heterocycles. The maximum Gasteiger partial charge on any atom is 0.137 e. The number of nitrogens with zero attached hydrogens (tertiary/aromatic N) is 1. The highest BCUT2D eigenvalue weighted by molar-refractivity contribution is 7.07. The first-order valence-corrected chi connectivity index (χ1v) is 9.41. The normalized spacial score (nSPS) is 17.6. The fourth-order valence-corrected chi connectivity index (χ4v) is 4.02. The summed E-state index contributed by atoms with van der Waals surface area (Å²) in [6.45, 7) is 4.41. The molecule has 3 nitrogen and oxygen atoms in total. The number of para-hydroxylation sites is 1. The highest BCUT2D eigenvalue weighted by atomic mass is 32.1. The van der Waals surface area contributed by atoms with Crippen LogP contribution >= 0.6 is 11.3 Å². The molecule has 4 heteroatoms. The molecule has 25 heavy (non-hydrogen) atoms. The molecule has 1 aliphatic heterocycles. The summed E-state index contributed by atoms with van der Waals surface area (Å²) in [7, 11) is 0. The van der Waals surface area contributed by atoms with E-state index in [1.54, 1.807) is 17.4 Å². The largest absolute Gasteiger partial charge is 0.508 e. The summed E-state index contributed by atoms with van der Waals surface area (Å²) >= 11 is 1.69. The van der Waals surface area contributed by atoms with Crippen LogP contribution in [0, 0.1) is 6.92 Å². The number of hydrogen-bond acceptors (Lipinski definition) is 4. The Morgan fingerprint density at radius 1 is 1.20 bits per heavy atom. The number of phenolic OH excluding ortho intramolecular Hbond substituents is 1. The number of aromatic hydroxyl groups is 1. The standard InChI is InChI=1S/C21H21NO2S/c1-15-6-7-20-18(10-15)12-22(11-16-4-2-3-5-19(16)23)13-21(24-20)17-8-9-25-14-17/h2-10,14,21,23H,11-13H2,1H3. The lowest BCUT2D eigenvalue weighted by Gasteiger charge is -2.24. The second-order valence-electron chi connectivity index (χ2n) is 6.57. The van der Waals surface area contributed by atoms with Crippen LogP contribution in [0.4, 0.5) is 0 Å². The summed E-state index contributed by atoms with van der Waals surface area (Å²) in [5, 5.41) is 14.4. The first kappa shape index (κ1) is 16.2. The van der Waals surface area contributed by atoms with Crippen molar-refractivity contribution in [2.75, 3.05) is 6.54 Å². The number of benzene rings is 2. The molecule has 2 heterocycles. The monoisotopic (exact) mass is 351 g/mol. The minimum atomic E-state index is 0.000983. The average Bonchev–Trinajstić information content (AvgIpc) is 3.07. The minimum Gasteiger partial charge on any atom is -0.508 e. The van der Waals surface area contributed by atoms with Gasteiger partial charge >= 0.3 is 0 Å². The number of hydrogen-bond donors (Lipinski definition) is 1. The predicted octanol–water partition coefficient (Wildman–Crippen LogP) is 4.90. The summed E-state index contributed by atoms with van der Waals surface area (Å²) in [5.41, 5.74) is 4.59. The zero-order valence-electron chi connectivity index (χ0n) is 14.2. The molecule has 1 aliphatic rings. The van der Waals surface area contributed by atoms with Crippen molar-refractivity contribution in [3.63, 3.8) is 0 Å². The molecule has 2 aromatic carbocycles. The van der Waals surface area contributed by atoms with Gasteiger partial charge in [0.05, 0.1) is 0 Å². The van der Waals surface area contributed by atoms with E-state index in [0.29, 0.717) is 12.3 Å². The topological polar surface area (TPSA) is 32.7 Å².